The van der Waals surface area contributed by atoms with Crippen LogP contribution < -0.4 is 5.32 Å². The lowest BCUT2D eigenvalue weighted by Gasteiger charge is -2.21. The number of hydrogen-bond acceptors (Lipinski definition) is 4. The van der Waals surface area contributed by atoms with Gasteiger partial charge in [0.15, 0.2) is 0 Å². The SMILES string of the molecule is N#CC1(NC(=O)c2cscn2)CCCC1. The van der Waals surface area contributed by atoms with Crippen molar-refractivity contribution in [1.29, 1.82) is 5.26 Å². The van der Waals surface area contributed by atoms with E-state index >= 15 is 0 Å². The van der Waals surface area contributed by atoms with Gasteiger partial charge >= 0.3 is 0 Å². The van der Waals surface area contributed by atoms with Crippen molar-refractivity contribution in [3.63, 3.8) is 0 Å². The summed E-state index contributed by atoms with van der Waals surface area (Å²) in [6, 6.07) is 2.21. The van der Waals surface area contributed by atoms with Gasteiger partial charge in [-0.2, -0.15) is 5.26 Å². The van der Waals surface area contributed by atoms with Crippen molar-refractivity contribution in [3.8, 4) is 6.07 Å². The summed E-state index contributed by atoms with van der Waals surface area (Å²) in [6.07, 6.45) is 3.51. The number of carbonyl (C=O) groups is 1. The van der Waals surface area contributed by atoms with Crippen LogP contribution in [0.15, 0.2) is 10.9 Å². The topological polar surface area (TPSA) is 65.8 Å². The van der Waals surface area contributed by atoms with Crippen molar-refractivity contribution in [2.45, 2.75) is 31.2 Å². The maximum Gasteiger partial charge on any atom is 0.271 e. The first-order valence-corrected chi connectivity index (χ1v) is 5.82. The molecule has 5 heteroatoms. The minimum Gasteiger partial charge on any atom is -0.332 e. The van der Waals surface area contributed by atoms with Crippen LogP contribution in [0.25, 0.3) is 0 Å². The van der Waals surface area contributed by atoms with Gasteiger partial charge in [-0.05, 0) is 25.7 Å². The van der Waals surface area contributed by atoms with Crippen LogP contribution in [0.2, 0.25) is 0 Å². The van der Waals surface area contributed by atoms with Crippen LogP contribution >= 0.6 is 11.3 Å². The maximum atomic E-state index is 11.7. The summed E-state index contributed by atoms with van der Waals surface area (Å²) >= 11 is 1.38. The Balaban J connectivity index is 2.08. The van der Waals surface area contributed by atoms with Gasteiger partial charge in [0.2, 0.25) is 0 Å². The van der Waals surface area contributed by atoms with E-state index in [9.17, 15) is 4.79 Å². The van der Waals surface area contributed by atoms with Crippen molar-refractivity contribution in [2.75, 3.05) is 0 Å². The lowest BCUT2D eigenvalue weighted by molar-refractivity contribution is 0.0916. The van der Waals surface area contributed by atoms with E-state index < -0.39 is 5.54 Å². The van der Waals surface area contributed by atoms with E-state index in [1.54, 1.807) is 10.9 Å². The van der Waals surface area contributed by atoms with E-state index in [1.807, 2.05) is 0 Å². The molecule has 1 aromatic rings. The average Bonchev–Trinajstić information content (AvgIpc) is 2.88. The molecule has 1 N–H and O–H groups in total. The molecule has 1 aromatic heterocycles. The summed E-state index contributed by atoms with van der Waals surface area (Å²) in [6.45, 7) is 0. The predicted octanol–water partition coefficient (Wildman–Crippen LogP) is 1.71. The Labute approximate surface area is 91.9 Å². The van der Waals surface area contributed by atoms with Crippen LogP contribution in [0, 0.1) is 11.3 Å². The first-order valence-electron chi connectivity index (χ1n) is 4.88. The number of aromatic nitrogens is 1. The molecule has 1 fully saturated rings. The van der Waals surface area contributed by atoms with Crippen LogP contribution in [0.3, 0.4) is 0 Å². The highest BCUT2D eigenvalue weighted by molar-refractivity contribution is 7.07. The molecule has 1 heterocycles. The van der Waals surface area contributed by atoms with Crippen LogP contribution in [-0.4, -0.2) is 16.4 Å². The third-order valence-corrected chi connectivity index (χ3v) is 3.28. The smallest absolute Gasteiger partial charge is 0.271 e. The molecule has 1 amide bonds. The fourth-order valence-corrected chi connectivity index (χ4v) is 2.38. The van der Waals surface area contributed by atoms with Gasteiger partial charge in [0.05, 0.1) is 11.6 Å². The van der Waals surface area contributed by atoms with Crippen molar-refractivity contribution in [2.24, 2.45) is 0 Å². The van der Waals surface area contributed by atoms with Gasteiger partial charge < -0.3 is 5.32 Å². The van der Waals surface area contributed by atoms with Gasteiger partial charge in [0, 0.05) is 5.38 Å². The molecule has 4 nitrogen and oxygen atoms in total. The Bertz CT molecular complexity index is 387. The Morgan fingerprint density at radius 1 is 1.60 bits per heavy atom. The Kier molecular flexibility index (Phi) is 2.69. The zero-order valence-electron chi connectivity index (χ0n) is 8.19. The quantitative estimate of drug-likeness (QED) is 0.826. The van der Waals surface area contributed by atoms with Gasteiger partial charge in [-0.3, -0.25) is 4.79 Å². The molecule has 2 rings (SSSR count). The number of rotatable bonds is 2. The van der Waals surface area contributed by atoms with Crippen LogP contribution in [-0.2, 0) is 0 Å². The molecule has 0 bridgehead atoms. The van der Waals surface area contributed by atoms with Gasteiger partial charge in [-0.1, -0.05) is 0 Å². The zero-order valence-corrected chi connectivity index (χ0v) is 9.01. The van der Waals surface area contributed by atoms with Crippen molar-refractivity contribution in [3.05, 3.63) is 16.6 Å². The molecule has 0 radical (unpaired) electrons. The Hall–Kier alpha value is -1.41. The number of amides is 1. The summed E-state index contributed by atoms with van der Waals surface area (Å²) in [5.74, 6) is -0.236. The average molecular weight is 221 g/mol. The molecule has 78 valence electrons. The zero-order chi connectivity index (χ0) is 10.7. The largest absolute Gasteiger partial charge is 0.332 e. The molecule has 0 spiro atoms. The second-order valence-corrected chi connectivity index (χ2v) is 4.45. The maximum absolute atomic E-state index is 11.7. The molecule has 0 aliphatic heterocycles. The Morgan fingerprint density at radius 2 is 2.33 bits per heavy atom. The van der Waals surface area contributed by atoms with Gasteiger partial charge in [0.25, 0.3) is 5.91 Å². The molecule has 15 heavy (non-hydrogen) atoms. The fourth-order valence-electron chi connectivity index (χ4n) is 1.85. The van der Waals surface area contributed by atoms with Gasteiger partial charge in [-0.15, -0.1) is 11.3 Å². The van der Waals surface area contributed by atoms with Crippen LogP contribution in [0.1, 0.15) is 36.2 Å². The monoisotopic (exact) mass is 221 g/mol. The minimum absolute atomic E-state index is 0.236. The molecule has 1 aliphatic rings. The molecule has 0 aromatic carbocycles. The van der Waals surface area contributed by atoms with Crippen LogP contribution in [0.4, 0.5) is 0 Å². The second kappa shape index (κ2) is 3.99. The minimum atomic E-state index is -0.652. The normalized spacial score (nSPS) is 18.3. The van der Waals surface area contributed by atoms with Crippen LogP contribution in [0.5, 0.6) is 0 Å². The number of carbonyl (C=O) groups excluding carboxylic acids is 1. The number of thiazole rings is 1. The van der Waals surface area contributed by atoms with E-state index in [0.717, 1.165) is 25.7 Å². The first-order chi connectivity index (χ1) is 7.26. The summed E-state index contributed by atoms with van der Waals surface area (Å²) in [4.78, 5) is 15.6. The molecule has 0 atom stereocenters. The molecule has 1 saturated carbocycles. The van der Waals surface area contributed by atoms with E-state index in [0.29, 0.717) is 5.69 Å². The van der Waals surface area contributed by atoms with E-state index in [2.05, 4.69) is 16.4 Å². The molecule has 0 unspecified atom stereocenters. The van der Waals surface area contributed by atoms with E-state index in [-0.39, 0.29) is 5.91 Å². The van der Waals surface area contributed by atoms with E-state index in [4.69, 9.17) is 5.26 Å². The first kappa shape index (κ1) is 10.1. The van der Waals surface area contributed by atoms with Gasteiger partial charge in [0.1, 0.15) is 11.2 Å². The fraction of sp³-hybridized carbons (Fsp3) is 0.500. The van der Waals surface area contributed by atoms with Crippen molar-refractivity contribution in [1.82, 2.24) is 10.3 Å². The standard InChI is InChI=1S/C10H11N3OS/c11-6-10(3-1-2-4-10)13-9(14)8-5-15-7-12-8/h5,7H,1-4H2,(H,13,14). The number of nitrogens with one attached hydrogen (secondary N) is 1. The highest BCUT2D eigenvalue weighted by Crippen LogP contribution is 2.29. The van der Waals surface area contributed by atoms with Crippen molar-refractivity contribution < 1.29 is 4.79 Å². The molecule has 1 aliphatic carbocycles. The highest BCUT2D eigenvalue weighted by Gasteiger charge is 2.35. The summed E-state index contributed by atoms with van der Waals surface area (Å²) in [5.41, 5.74) is 1.37. The third-order valence-electron chi connectivity index (χ3n) is 2.69. The number of hydrogen-bond donors (Lipinski definition) is 1. The summed E-state index contributed by atoms with van der Waals surface area (Å²) in [7, 11) is 0. The predicted molar refractivity (Wildman–Crippen MR) is 56.4 cm³/mol. The molecule has 0 saturated heterocycles. The van der Waals surface area contributed by atoms with Crippen molar-refractivity contribution >= 4 is 17.2 Å². The highest BCUT2D eigenvalue weighted by atomic mass is 32.1. The lowest BCUT2D eigenvalue weighted by Crippen LogP contribution is -2.45. The second-order valence-electron chi connectivity index (χ2n) is 3.73. The van der Waals surface area contributed by atoms with Gasteiger partial charge in [-0.25, -0.2) is 4.98 Å². The molecular formula is C10H11N3OS. The number of nitriles is 1. The Morgan fingerprint density at radius 3 is 2.87 bits per heavy atom. The molecular weight excluding hydrogens is 210 g/mol. The van der Waals surface area contributed by atoms with E-state index in [1.165, 1.54) is 11.3 Å². The summed E-state index contributed by atoms with van der Waals surface area (Å²) in [5, 5.41) is 13.6. The number of nitrogens with zero attached hydrogens (tertiary/aromatic N) is 2. The third kappa shape index (κ3) is 2.00. The lowest BCUT2D eigenvalue weighted by atomic mass is 10.00. The summed E-state index contributed by atoms with van der Waals surface area (Å²) < 4.78 is 0.